The van der Waals surface area contributed by atoms with Gasteiger partial charge in [0.1, 0.15) is 11.5 Å². The van der Waals surface area contributed by atoms with Crippen molar-refractivity contribution in [3.63, 3.8) is 0 Å². The van der Waals surface area contributed by atoms with E-state index in [1.165, 1.54) is 18.3 Å². The number of phenolic OH excluding ortho intramolecular Hbond substituents is 1. The maximum Gasteiger partial charge on any atom is 0.347 e. The van der Waals surface area contributed by atoms with Crippen molar-refractivity contribution in [1.82, 2.24) is 0 Å². The van der Waals surface area contributed by atoms with Crippen LogP contribution in [0.5, 0.6) is 17.2 Å². The number of carbonyl (C=O) groups excluding carboxylic acids is 2. The molecular weight excluding hydrogens is 638 g/mol. The molecule has 7 nitrogen and oxygen atoms in total. The normalized spacial score (nSPS) is 10.8. The number of phenols is 1. The van der Waals surface area contributed by atoms with E-state index in [1.807, 2.05) is 0 Å². The average Bonchev–Trinajstić information content (AvgIpc) is 2.80. The highest BCUT2D eigenvalue weighted by molar-refractivity contribution is 9.11. The van der Waals surface area contributed by atoms with Crippen molar-refractivity contribution in [3.8, 4) is 17.2 Å². The van der Waals surface area contributed by atoms with E-state index in [-0.39, 0.29) is 30.3 Å². The molecule has 0 aliphatic heterocycles. The second-order valence-electron chi connectivity index (χ2n) is 6.74. The molecule has 3 aromatic rings. The summed E-state index contributed by atoms with van der Waals surface area (Å²) in [5.41, 5.74) is 1.23. The minimum atomic E-state index is -0.502. The topological polar surface area (TPSA) is 94.4 Å². The number of ketones is 1. The highest BCUT2D eigenvalue weighted by Crippen LogP contribution is 2.38. The third kappa shape index (κ3) is 6.91. The van der Waals surface area contributed by atoms with Gasteiger partial charge >= 0.3 is 5.97 Å². The van der Waals surface area contributed by atoms with Crippen molar-refractivity contribution < 1.29 is 29.0 Å². The van der Waals surface area contributed by atoms with E-state index < -0.39 is 5.97 Å². The molecule has 0 aliphatic rings. The number of esters is 1. The van der Waals surface area contributed by atoms with Crippen molar-refractivity contribution in [2.75, 3.05) is 13.2 Å². The van der Waals surface area contributed by atoms with Crippen LogP contribution >= 0.6 is 47.8 Å². The standard InChI is InChI=1S/C24H18Br3NO6/c1-2-32-22(30)13-33-28-12-14-9-19(26)24(20(27)10-14)34-17-7-8-21(29)18(11-17)23(31)15-3-5-16(25)6-4-15/h3-12,29H,2,13H2,1H3/b28-12-. The molecule has 0 bridgehead atoms. The fraction of sp³-hybridized carbons (Fsp3) is 0.125. The second kappa shape index (κ2) is 12.1. The molecule has 176 valence electrons. The summed E-state index contributed by atoms with van der Waals surface area (Å²) in [6.07, 6.45) is 1.44. The van der Waals surface area contributed by atoms with Gasteiger partial charge in [-0.3, -0.25) is 4.79 Å². The van der Waals surface area contributed by atoms with Crippen molar-refractivity contribution in [3.05, 3.63) is 84.7 Å². The number of hydrogen-bond donors (Lipinski definition) is 1. The Labute approximate surface area is 221 Å². The summed E-state index contributed by atoms with van der Waals surface area (Å²) in [6, 6.07) is 14.8. The van der Waals surface area contributed by atoms with Gasteiger partial charge in [-0.2, -0.15) is 0 Å². The number of benzene rings is 3. The number of nitrogens with zero attached hydrogens (tertiary/aromatic N) is 1. The number of halogens is 3. The van der Waals surface area contributed by atoms with E-state index in [1.54, 1.807) is 49.4 Å². The molecule has 3 rings (SSSR count). The van der Waals surface area contributed by atoms with Crippen LogP contribution in [0, 0.1) is 0 Å². The molecule has 0 unspecified atom stereocenters. The number of oxime groups is 1. The first kappa shape index (κ1) is 25.9. The first-order chi connectivity index (χ1) is 16.3. The Bertz CT molecular complexity index is 1200. The van der Waals surface area contributed by atoms with Gasteiger partial charge in [-0.1, -0.05) is 21.1 Å². The largest absolute Gasteiger partial charge is 0.507 e. The van der Waals surface area contributed by atoms with Gasteiger partial charge in [-0.15, -0.1) is 0 Å². The molecule has 0 heterocycles. The quantitative estimate of drug-likeness (QED) is 0.121. The lowest BCUT2D eigenvalue weighted by atomic mass is 10.0. The van der Waals surface area contributed by atoms with Crippen molar-refractivity contribution >= 4 is 65.8 Å². The zero-order valence-electron chi connectivity index (χ0n) is 17.8. The van der Waals surface area contributed by atoms with Crippen LogP contribution in [0.15, 0.2) is 73.2 Å². The monoisotopic (exact) mass is 653 g/mol. The van der Waals surface area contributed by atoms with Gasteiger partial charge in [0.2, 0.25) is 6.61 Å². The lowest BCUT2D eigenvalue weighted by molar-refractivity contribution is -0.148. The van der Waals surface area contributed by atoms with Gasteiger partial charge in [-0.25, -0.2) is 4.79 Å². The summed E-state index contributed by atoms with van der Waals surface area (Å²) in [5.74, 6) is -0.162. The molecule has 0 amide bonds. The highest BCUT2D eigenvalue weighted by Gasteiger charge is 2.17. The predicted molar refractivity (Wildman–Crippen MR) is 138 cm³/mol. The summed E-state index contributed by atoms with van der Waals surface area (Å²) in [6.45, 7) is 1.70. The smallest absolute Gasteiger partial charge is 0.347 e. The number of rotatable bonds is 9. The Hall–Kier alpha value is -2.69. The van der Waals surface area contributed by atoms with Crippen LogP contribution in [0.4, 0.5) is 0 Å². The van der Waals surface area contributed by atoms with E-state index >= 15 is 0 Å². The number of aromatic hydroxyl groups is 1. The lowest BCUT2D eigenvalue weighted by Crippen LogP contribution is -2.10. The van der Waals surface area contributed by atoms with E-state index in [0.29, 0.717) is 31.6 Å². The van der Waals surface area contributed by atoms with Crippen LogP contribution in [0.1, 0.15) is 28.4 Å². The molecule has 0 radical (unpaired) electrons. The number of hydrogen-bond acceptors (Lipinski definition) is 7. The molecule has 0 saturated carbocycles. The van der Waals surface area contributed by atoms with Crippen LogP contribution < -0.4 is 4.74 Å². The minimum absolute atomic E-state index is 0.120. The Morgan fingerprint density at radius 1 is 1.00 bits per heavy atom. The highest BCUT2D eigenvalue weighted by atomic mass is 79.9. The molecule has 0 aromatic heterocycles. The molecule has 0 fully saturated rings. The zero-order chi connectivity index (χ0) is 24.7. The van der Waals surface area contributed by atoms with Crippen LogP contribution in [0.3, 0.4) is 0 Å². The molecule has 0 aliphatic carbocycles. The fourth-order valence-electron chi connectivity index (χ4n) is 2.78. The molecule has 0 spiro atoms. The molecular formula is C24H18Br3NO6. The SMILES string of the molecule is CCOC(=O)CO/N=C\c1cc(Br)c(Oc2ccc(O)c(C(=O)c3ccc(Br)cc3)c2)c(Br)c1. The third-order valence-electron chi connectivity index (χ3n) is 4.32. The Morgan fingerprint density at radius 2 is 1.68 bits per heavy atom. The third-order valence-corrected chi connectivity index (χ3v) is 6.03. The molecule has 0 saturated heterocycles. The number of carbonyl (C=O) groups is 2. The van der Waals surface area contributed by atoms with Gasteiger partial charge in [0.05, 0.1) is 27.3 Å². The van der Waals surface area contributed by atoms with Gasteiger partial charge < -0.3 is 19.4 Å². The predicted octanol–water partition coefficient (Wildman–Crippen LogP) is 6.62. The Morgan fingerprint density at radius 3 is 2.32 bits per heavy atom. The first-order valence-electron chi connectivity index (χ1n) is 9.89. The molecule has 34 heavy (non-hydrogen) atoms. The van der Waals surface area contributed by atoms with Crippen molar-refractivity contribution in [2.24, 2.45) is 5.16 Å². The maximum atomic E-state index is 12.9. The summed E-state index contributed by atoms with van der Waals surface area (Å²) in [5, 5.41) is 14.0. The zero-order valence-corrected chi connectivity index (χ0v) is 22.5. The van der Waals surface area contributed by atoms with Gasteiger partial charge in [0, 0.05) is 10.0 Å². The van der Waals surface area contributed by atoms with E-state index in [2.05, 4.69) is 52.9 Å². The molecule has 10 heteroatoms. The first-order valence-corrected chi connectivity index (χ1v) is 12.3. The van der Waals surface area contributed by atoms with Crippen LogP contribution in [-0.4, -0.2) is 36.3 Å². The summed E-state index contributed by atoms with van der Waals surface area (Å²) in [4.78, 5) is 29.1. The molecule has 1 N–H and O–H groups in total. The van der Waals surface area contributed by atoms with Gasteiger partial charge in [0.25, 0.3) is 0 Å². The minimum Gasteiger partial charge on any atom is -0.507 e. The Kier molecular flexibility index (Phi) is 9.26. The molecule has 0 atom stereocenters. The van der Waals surface area contributed by atoms with E-state index in [0.717, 1.165) is 4.47 Å². The Balaban J connectivity index is 1.76. The molecule has 3 aromatic carbocycles. The van der Waals surface area contributed by atoms with Crippen molar-refractivity contribution in [1.29, 1.82) is 0 Å². The van der Waals surface area contributed by atoms with Crippen molar-refractivity contribution in [2.45, 2.75) is 6.92 Å². The summed E-state index contributed by atoms with van der Waals surface area (Å²) < 4.78 is 12.8. The van der Waals surface area contributed by atoms with Crippen LogP contribution in [0.25, 0.3) is 0 Å². The number of ether oxygens (including phenoxy) is 2. The summed E-state index contributed by atoms with van der Waals surface area (Å²) in [7, 11) is 0. The van der Waals surface area contributed by atoms with Crippen LogP contribution in [0.2, 0.25) is 0 Å². The average molecular weight is 656 g/mol. The van der Waals surface area contributed by atoms with Gasteiger partial charge in [0.15, 0.2) is 11.5 Å². The lowest BCUT2D eigenvalue weighted by Gasteiger charge is -2.12. The van der Waals surface area contributed by atoms with Crippen LogP contribution in [-0.2, 0) is 14.4 Å². The second-order valence-corrected chi connectivity index (χ2v) is 9.37. The fourth-order valence-corrected chi connectivity index (χ4v) is 4.43. The van der Waals surface area contributed by atoms with E-state index in [4.69, 9.17) is 14.3 Å². The maximum absolute atomic E-state index is 12.9. The van der Waals surface area contributed by atoms with Gasteiger partial charge in [-0.05, 0) is 98.9 Å². The summed E-state index contributed by atoms with van der Waals surface area (Å²) >= 11 is 10.3. The van der Waals surface area contributed by atoms with E-state index in [9.17, 15) is 14.7 Å².